The largest absolute Gasteiger partial charge is 0.355 e. The Labute approximate surface area is 170 Å². The molecule has 0 spiro atoms. The van der Waals surface area contributed by atoms with Crippen LogP contribution in [0.3, 0.4) is 0 Å². The Morgan fingerprint density at radius 1 is 1.17 bits per heavy atom. The Morgan fingerprint density at radius 2 is 1.86 bits per heavy atom. The molecule has 8 nitrogen and oxygen atoms in total. The molecule has 0 fully saturated rings. The fourth-order valence-corrected chi connectivity index (χ4v) is 3.94. The van der Waals surface area contributed by atoms with Gasteiger partial charge in [-0.15, -0.1) is 0 Å². The number of aryl methyl sites for hydroxylation is 2. The first-order valence-electron chi connectivity index (χ1n) is 9.13. The average Bonchev–Trinajstić information content (AvgIpc) is 2.63. The molecule has 9 heteroatoms. The van der Waals surface area contributed by atoms with Crippen LogP contribution in [0.25, 0.3) is 0 Å². The first-order valence-corrected chi connectivity index (χ1v) is 11.0. The van der Waals surface area contributed by atoms with Crippen LogP contribution in [-0.4, -0.2) is 38.6 Å². The highest BCUT2D eigenvalue weighted by atomic mass is 32.2. The molecule has 0 aromatic heterocycles. The molecular weight excluding hydrogens is 394 g/mol. The molecule has 2 aromatic rings. The van der Waals surface area contributed by atoms with Crippen LogP contribution in [0.1, 0.15) is 23.1 Å². The number of hydrogen-bond donors (Lipinski definition) is 1. The zero-order valence-electron chi connectivity index (χ0n) is 16.7. The SMILES string of the molecule is Cc1cccc(CCCNC(=O)CN(c2cccc([N+](=O)[O-])c2C)S(C)(=O)=O)c1. The predicted octanol–water partition coefficient (Wildman–Crippen LogP) is 2.73. The van der Waals surface area contributed by atoms with Gasteiger partial charge in [0.05, 0.1) is 22.4 Å². The number of benzene rings is 2. The van der Waals surface area contributed by atoms with E-state index in [-0.39, 0.29) is 16.9 Å². The maximum absolute atomic E-state index is 12.3. The minimum absolute atomic E-state index is 0.122. The van der Waals surface area contributed by atoms with Crippen molar-refractivity contribution in [2.75, 3.05) is 23.7 Å². The summed E-state index contributed by atoms with van der Waals surface area (Å²) in [5.41, 5.74) is 2.45. The topological polar surface area (TPSA) is 110 Å². The molecular formula is C20H25N3O5S. The number of carbonyl (C=O) groups is 1. The van der Waals surface area contributed by atoms with E-state index in [0.717, 1.165) is 17.0 Å². The van der Waals surface area contributed by atoms with E-state index in [4.69, 9.17) is 0 Å². The van der Waals surface area contributed by atoms with Crippen LogP contribution in [0.4, 0.5) is 11.4 Å². The Morgan fingerprint density at radius 3 is 2.48 bits per heavy atom. The second-order valence-electron chi connectivity index (χ2n) is 6.89. The number of hydrogen-bond acceptors (Lipinski definition) is 5. The molecule has 0 heterocycles. The molecule has 1 N–H and O–H groups in total. The zero-order valence-corrected chi connectivity index (χ0v) is 17.5. The van der Waals surface area contributed by atoms with Gasteiger partial charge < -0.3 is 5.32 Å². The molecule has 0 atom stereocenters. The fourth-order valence-electron chi connectivity index (χ4n) is 3.03. The van der Waals surface area contributed by atoms with Crippen molar-refractivity contribution in [3.63, 3.8) is 0 Å². The molecule has 0 saturated heterocycles. The van der Waals surface area contributed by atoms with Crippen LogP contribution < -0.4 is 9.62 Å². The summed E-state index contributed by atoms with van der Waals surface area (Å²) in [5, 5.41) is 13.9. The van der Waals surface area contributed by atoms with Crippen LogP contribution in [0, 0.1) is 24.0 Å². The minimum atomic E-state index is -3.81. The summed E-state index contributed by atoms with van der Waals surface area (Å²) in [4.78, 5) is 22.9. The van der Waals surface area contributed by atoms with Crippen molar-refractivity contribution < 1.29 is 18.1 Å². The molecule has 0 bridgehead atoms. The van der Waals surface area contributed by atoms with Gasteiger partial charge in [-0.25, -0.2) is 8.42 Å². The molecule has 0 aliphatic carbocycles. The number of nitrogens with zero attached hydrogens (tertiary/aromatic N) is 2. The van der Waals surface area contributed by atoms with E-state index in [0.29, 0.717) is 13.0 Å². The molecule has 0 saturated carbocycles. The number of nitrogens with one attached hydrogen (secondary N) is 1. The second kappa shape index (κ2) is 9.51. The van der Waals surface area contributed by atoms with E-state index in [9.17, 15) is 23.3 Å². The van der Waals surface area contributed by atoms with Gasteiger partial charge in [-0.1, -0.05) is 35.9 Å². The Balaban J connectivity index is 2.03. The third kappa shape index (κ3) is 6.28. The van der Waals surface area contributed by atoms with E-state index in [1.54, 1.807) is 0 Å². The summed E-state index contributed by atoms with van der Waals surface area (Å²) in [6, 6.07) is 12.2. The summed E-state index contributed by atoms with van der Waals surface area (Å²) in [7, 11) is -3.81. The van der Waals surface area contributed by atoms with Crippen molar-refractivity contribution >= 4 is 27.3 Å². The molecule has 29 heavy (non-hydrogen) atoms. The highest BCUT2D eigenvalue weighted by Gasteiger charge is 2.25. The lowest BCUT2D eigenvalue weighted by Crippen LogP contribution is -2.41. The van der Waals surface area contributed by atoms with Crippen molar-refractivity contribution in [1.29, 1.82) is 0 Å². The third-order valence-corrected chi connectivity index (χ3v) is 5.60. The minimum Gasteiger partial charge on any atom is -0.355 e. The lowest BCUT2D eigenvalue weighted by molar-refractivity contribution is -0.385. The van der Waals surface area contributed by atoms with Gasteiger partial charge in [0.2, 0.25) is 15.9 Å². The van der Waals surface area contributed by atoms with E-state index in [1.807, 2.05) is 25.1 Å². The van der Waals surface area contributed by atoms with Crippen molar-refractivity contribution in [2.45, 2.75) is 26.7 Å². The number of amides is 1. The van der Waals surface area contributed by atoms with Crippen LogP contribution in [0.5, 0.6) is 0 Å². The maximum atomic E-state index is 12.3. The first kappa shape index (κ1) is 22.4. The second-order valence-corrected chi connectivity index (χ2v) is 8.80. The van der Waals surface area contributed by atoms with Gasteiger partial charge in [-0.3, -0.25) is 19.2 Å². The number of nitro groups is 1. The monoisotopic (exact) mass is 419 g/mol. The van der Waals surface area contributed by atoms with Crippen LogP contribution in [-0.2, 0) is 21.2 Å². The van der Waals surface area contributed by atoms with Crippen LogP contribution >= 0.6 is 0 Å². The highest BCUT2D eigenvalue weighted by Crippen LogP contribution is 2.29. The summed E-state index contributed by atoms with van der Waals surface area (Å²) in [6.45, 7) is 3.44. The number of anilines is 1. The zero-order chi connectivity index (χ0) is 21.6. The summed E-state index contributed by atoms with van der Waals surface area (Å²) >= 11 is 0. The van der Waals surface area contributed by atoms with E-state index >= 15 is 0 Å². The van der Waals surface area contributed by atoms with Crippen molar-refractivity contribution in [3.8, 4) is 0 Å². The van der Waals surface area contributed by atoms with Gasteiger partial charge in [0, 0.05) is 12.6 Å². The van der Waals surface area contributed by atoms with Crippen LogP contribution in [0.2, 0.25) is 0 Å². The van der Waals surface area contributed by atoms with E-state index < -0.39 is 27.4 Å². The molecule has 0 aliphatic rings. The van der Waals surface area contributed by atoms with Crippen LogP contribution in [0.15, 0.2) is 42.5 Å². The van der Waals surface area contributed by atoms with Gasteiger partial charge in [0.15, 0.2) is 0 Å². The average molecular weight is 420 g/mol. The molecule has 0 aliphatic heterocycles. The van der Waals surface area contributed by atoms with Gasteiger partial charge >= 0.3 is 0 Å². The van der Waals surface area contributed by atoms with Gasteiger partial charge in [-0.05, 0) is 38.3 Å². The standard InChI is InChI=1S/C20H25N3O5S/c1-15-7-4-8-17(13-15)9-6-12-21-20(24)14-22(29(3,27)28)18-10-5-11-19(16(18)2)23(25)26/h4-5,7-8,10-11,13H,6,9,12,14H2,1-3H3,(H,21,24). The summed E-state index contributed by atoms with van der Waals surface area (Å²) < 4.78 is 25.3. The van der Waals surface area contributed by atoms with Crippen molar-refractivity contribution in [1.82, 2.24) is 5.32 Å². The molecule has 1 amide bonds. The number of rotatable bonds is 9. The Hall–Kier alpha value is -2.94. The number of nitro benzene ring substituents is 1. The predicted molar refractivity (Wildman–Crippen MR) is 113 cm³/mol. The van der Waals surface area contributed by atoms with Gasteiger partial charge in [0.1, 0.15) is 6.54 Å². The van der Waals surface area contributed by atoms with Crippen molar-refractivity contribution in [2.24, 2.45) is 0 Å². The molecule has 2 rings (SSSR count). The summed E-state index contributed by atoms with van der Waals surface area (Å²) in [5.74, 6) is -0.467. The maximum Gasteiger partial charge on any atom is 0.274 e. The molecule has 0 unspecified atom stereocenters. The van der Waals surface area contributed by atoms with Gasteiger partial charge in [-0.2, -0.15) is 0 Å². The molecule has 156 valence electrons. The van der Waals surface area contributed by atoms with Crippen molar-refractivity contribution in [3.05, 3.63) is 69.3 Å². The quantitative estimate of drug-likeness (QED) is 0.382. The first-order chi connectivity index (χ1) is 13.6. The van der Waals surface area contributed by atoms with Gasteiger partial charge in [0.25, 0.3) is 5.69 Å². The highest BCUT2D eigenvalue weighted by molar-refractivity contribution is 7.92. The number of sulfonamides is 1. The summed E-state index contributed by atoms with van der Waals surface area (Å²) in [6.07, 6.45) is 2.47. The van der Waals surface area contributed by atoms with E-state index in [1.165, 1.54) is 36.2 Å². The number of carbonyl (C=O) groups excluding carboxylic acids is 1. The molecule has 0 radical (unpaired) electrons. The Kier molecular flexibility index (Phi) is 7.33. The lowest BCUT2D eigenvalue weighted by Gasteiger charge is -2.23. The fraction of sp³-hybridized carbons (Fsp3) is 0.350. The normalized spacial score (nSPS) is 11.1. The third-order valence-electron chi connectivity index (χ3n) is 4.48. The smallest absolute Gasteiger partial charge is 0.274 e. The lowest BCUT2D eigenvalue weighted by atomic mass is 10.1. The Bertz CT molecular complexity index is 1000. The van der Waals surface area contributed by atoms with E-state index in [2.05, 4.69) is 11.4 Å². The molecule has 2 aromatic carbocycles.